The topological polar surface area (TPSA) is 69.7 Å². The van der Waals surface area contributed by atoms with Crippen molar-refractivity contribution in [3.8, 4) is 0 Å². The van der Waals surface area contributed by atoms with E-state index < -0.39 is 10.0 Å². The summed E-state index contributed by atoms with van der Waals surface area (Å²) >= 11 is 6.06. The minimum atomic E-state index is -3.74. The average Bonchev–Trinajstić information content (AvgIpc) is 3.16. The van der Waals surface area contributed by atoms with E-state index in [2.05, 4.69) is 10.2 Å². The highest BCUT2D eigenvalue weighted by atomic mass is 35.5. The first-order chi connectivity index (χ1) is 12.8. The van der Waals surface area contributed by atoms with Gasteiger partial charge in [-0.1, -0.05) is 23.7 Å². The van der Waals surface area contributed by atoms with Crippen molar-refractivity contribution in [1.82, 2.24) is 4.31 Å². The predicted molar refractivity (Wildman–Crippen MR) is 108 cm³/mol. The second-order valence-corrected chi connectivity index (χ2v) is 9.13. The van der Waals surface area contributed by atoms with Crippen molar-refractivity contribution < 1.29 is 13.2 Å². The number of nitrogens with zero attached hydrogens (tertiary/aromatic N) is 2. The second kappa shape index (κ2) is 7.88. The van der Waals surface area contributed by atoms with Gasteiger partial charge in [0.1, 0.15) is 4.90 Å². The van der Waals surface area contributed by atoms with E-state index in [1.807, 2.05) is 24.3 Å². The number of carbonyl (C=O) groups excluding carboxylic acids is 1. The van der Waals surface area contributed by atoms with Crippen LogP contribution in [-0.2, 0) is 10.0 Å². The zero-order valence-corrected chi connectivity index (χ0v) is 16.8. The number of sulfonamides is 1. The van der Waals surface area contributed by atoms with Gasteiger partial charge in [-0.05, 0) is 43.2 Å². The molecule has 1 heterocycles. The fourth-order valence-electron chi connectivity index (χ4n) is 3.05. The molecule has 144 valence electrons. The maximum absolute atomic E-state index is 12.8. The maximum atomic E-state index is 12.8. The van der Waals surface area contributed by atoms with Crippen molar-refractivity contribution in [1.29, 1.82) is 0 Å². The summed E-state index contributed by atoms with van der Waals surface area (Å²) in [6, 6.07) is 11.9. The van der Waals surface area contributed by atoms with Gasteiger partial charge in [0, 0.05) is 32.7 Å². The lowest BCUT2D eigenvalue weighted by atomic mass is 10.2. The number of anilines is 2. The Hall–Kier alpha value is -2.09. The Bertz CT molecular complexity index is 954. The monoisotopic (exact) mass is 407 g/mol. The SMILES string of the molecule is CN(C)S(=O)(=O)c1cc(C(=O)Nc2ccccc2N2CCCC2)ccc1Cl. The molecule has 1 fully saturated rings. The summed E-state index contributed by atoms with van der Waals surface area (Å²) < 4.78 is 25.9. The van der Waals surface area contributed by atoms with Gasteiger partial charge in [-0.15, -0.1) is 0 Å². The summed E-state index contributed by atoms with van der Waals surface area (Å²) in [5.41, 5.74) is 1.91. The molecule has 0 unspecified atom stereocenters. The van der Waals surface area contributed by atoms with Crippen LogP contribution in [0.1, 0.15) is 23.2 Å². The van der Waals surface area contributed by atoms with Gasteiger partial charge in [-0.25, -0.2) is 12.7 Å². The van der Waals surface area contributed by atoms with E-state index in [0.717, 1.165) is 35.9 Å². The van der Waals surface area contributed by atoms with Gasteiger partial charge in [0.25, 0.3) is 5.91 Å². The van der Waals surface area contributed by atoms with Crippen LogP contribution in [0.4, 0.5) is 11.4 Å². The van der Waals surface area contributed by atoms with E-state index >= 15 is 0 Å². The van der Waals surface area contributed by atoms with Crippen molar-refractivity contribution >= 4 is 38.9 Å². The lowest BCUT2D eigenvalue weighted by molar-refractivity contribution is 0.102. The third-order valence-electron chi connectivity index (χ3n) is 4.55. The summed E-state index contributed by atoms with van der Waals surface area (Å²) in [6.45, 7) is 1.91. The molecule has 8 heteroatoms. The van der Waals surface area contributed by atoms with E-state index in [4.69, 9.17) is 11.6 Å². The molecule has 0 saturated carbocycles. The Kier molecular flexibility index (Phi) is 5.74. The molecule has 0 aliphatic carbocycles. The molecule has 1 saturated heterocycles. The second-order valence-electron chi connectivity index (χ2n) is 6.60. The minimum absolute atomic E-state index is 0.0812. The van der Waals surface area contributed by atoms with Crippen LogP contribution in [0, 0.1) is 0 Å². The van der Waals surface area contributed by atoms with Gasteiger partial charge >= 0.3 is 0 Å². The van der Waals surface area contributed by atoms with Crippen molar-refractivity contribution in [2.45, 2.75) is 17.7 Å². The van der Waals surface area contributed by atoms with Crippen LogP contribution in [0.5, 0.6) is 0 Å². The number of carbonyl (C=O) groups is 1. The highest BCUT2D eigenvalue weighted by Gasteiger charge is 2.23. The Morgan fingerprint density at radius 2 is 1.78 bits per heavy atom. The summed E-state index contributed by atoms with van der Waals surface area (Å²) in [4.78, 5) is 14.9. The van der Waals surface area contributed by atoms with Gasteiger partial charge in [0.2, 0.25) is 10.0 Å². The number of nitrogens with one attached hydrogen (secondary N) is 1. The summed E-state index contributed by atoms with van der Waals surface area (Å²) in [5, 5.41) is 2.98. The van der Waals surface area contributed by atoms with E-state index in [1.165, 1.54) is 32.3 Å². The molecule has 6 nitrogen and oxygen atoms in total. The summed E-state index contributed by atoms with van der Waals surface area (Å²) in [5.74, 6) is -0.381. The van der Waals surface area contributed by atoms with Crippen LogP contribution in [0.15, 0.2) is 47.4 Å². The fraction of sp³-hybridized carbons (Fsp3) is 0.316. The highest BCUT2D eigenvalue weighted by Crippen LogP contribution is 2.30. The first-order valence-electron chi connectivity index (χ1n) is 8.68. The molecular weight excluding hydrogens is 386 g/mol. The molecule has 1 aliphatic heterocycles. The number of hydrogen-bond acceptors (Lipinski definition) is 4. The summed E-state index contributed by atoms with van der Waals surface area (Å²) in [6.07, 6.45) is 2.26. The van der Waals surface area contributed by atoms with Crippen molar-refractivity contribution in [2.75, 3.05) is 37.4 Å². The van der Waals surface area contributed by atoms with Crippen LogP contribution >= 0.6 is 11.6 Å². The van der Waals surface area contributed by atoms with Crippen LogP contribution in [0.2, 0.25) is 5.02 Å². The Morgan fingerprint density at radius 3 is 2.44 bits per heavy atom. The van der Waals surface area contributed by atoms with E-state index in [1.54, 1.807) is 0 Å². The molecule has 1 N–H and O–H groups in total. The molecule has 0 bridgehead atoms. The van der Waals surface area contributed by atoms with Crippen LogP contribution in [-0.4, -0.2) is 45.8 Å². The molecule has 0 spiro atoms. The molecule has 2 aromatic rings. The first-order valence-corrected chi connectivity index (χ1v) is 10.5. The number of hydrogen-bond donors (Lipinski definition) is 1. The largest absolute Gasteiger partial charge is 0.370 e. The summed E-state index contributed by atoms with van der Waals surface area (Å²) in [7, 11) is -0.902. The number of benzene rings is 2. The molecule has 2 aromatic carbocycles. The van der Waals surface area contributed by atoms with E-state index in [0.29, 0.717) is 5.69 Å². The molecule has 1 aliphatic rings. The molecule has 0 aromatic heterocycles. The standard InChI is InChI=1S/C19H22ClN3O3S/c1-22(2)27(25,26)18-13-14(9-10-15(18)20)19(24)21-16-7-3-4-8-17(16)23-11-5-6-12-23/h3-4,7-10,13H,5-6,11-12H2,1-2H3,(H,21,24). The fourth-order valence-corrected chi connectivity index (χ4v) is 4.44. The first kappa shape index (κ1) is 19.7. The Balaban J connectivity index is 1.90. The van der Waals surface area contributed by atoms with Crippen molar-refractivity contribution in [3.05, 3.63) is 53.1 Å². The van der Waals surface area contributed by atoms with E-state index in [-0.39, 0.29) is 21.4 Å². The molecule has 0 atom stereocenters. The predicted octanol–water partition coefficient (Wildman–Crippen LogP) is 3.44. The third-order valence-corrected chi connectivity index (χ3v) is 6.85. The van der Waals surface area contributed by atoms with Crippen LogP contribution < -0.4 is 10.2 Å². The number of amides is 1. The smallest absolute Gasteiger partial charge is 0.255 e. The van der Waals surface area contributed by atoms with Gasteiger partial charge in [0.15, 0.2) is 0 Å². The molecule has 27 heavy (non-hydrogen) atoms. The number of para-hydroxylation sites is 2. The van der Waals surface area contributed by atoms with E-state index in [9.17, 15) is 13.2 Å². The average molecular weight is 408 g/mol. The molecule has 0 radical (unpaired) electrons. The molecule has 3 rings (SSSR count). The van der Waals surface area contributed by atoms with Gasteiger partial charge in [-0.3, -0.25) is 4.79 Å². The zero-order valence-electron chi connectivity index (χ0n) is 15.3. The highest BCUT2D eigenvalue weighted by molar-refractivity contribution is 7.89. The molecule has 1 amide bonds. The van der Waals surface area contributed by atoms with Crippen LogP contribution in [0.3, 0.4) is 0 Å². The van der Waals surface area contributed by atoms with Gasteiger partial charge in [-0.2, -0.15) is 0 Å². The normalized spacial score (nSPS) is 14.6. The van der Waals surface area contributed by atoms with Gasteiger partial charge in [0.05, 0.1) is 16.4 Å². The number of halogens is 1. The van der Waals surface area contributed by atoms with Crippen molar-refractivity contribution in [3.63, 3.8) is 0 Å². The minimum Gasteiger partial charge on any atom is -0.370 e. The lowest BCUT2D eigenvalue weighted by Crippen LogP contribution is -2.23. The maximum Gasteiger partial charge on any atom is 0.255 e. The molecular formula is C19H22ClN3O3S. The Morgan fingerprint density at radius 1 is 1.11 bits per heavy atom. The third kappa shape index (κ3) is 4.10. The lowest BCUT2D eigenvalue weighted by Gasteiger charge is -2.21. The zero-order chi connectivity index (χ0) is 19.6. The van der Waals surface area contributed by atoms with Crippen molar-refractivity contribution in [2.24, 2.45) is 0 Å². The Labute approximate surface area is 164 Å². The van der Waals surface area contributed by atoms with Crippen LogP contribution in [0.25, 0.3) is 0 Å². The number of rotatable bonds is 5. The van der Waals surface area contributed by atoms with Gasteiger partial charge < -0.3 is 10.2 Å². The quantitative estimate of drug-likeness (QED) is 0.824.